The molecule has 0 radical (unpaired) electrons. The van der Waals surface area contributed by atoms with Gasteiger partial charge in [-0.15, -0.1) is 0 Å². The minimum absolute atomic E-state index is 0.000136. The highest BCUT2D eigenvalue weighted by atomic mass is 19.1. The number of hydrogen-bond donors (Lipinski definition) is 1. The Morgan fingerprint density at radius 1 is 0.812 bits per heavy atom. The Hall–Kier alpha value is -4.60. The molecule has 1 aliphatic heterocycles. The molecule has 0 spiro atoms. The molecular weight excluding hydrogens is 612 g/mol. The van der Waals surface area contributed by atoms with Gasteiger partial charge in [-0.3, -0.25) is 14.6 Å². The quantitative estimate of drug-likeness (QED) is 0.198. The molecule has 4 aromatic rings. The molecule has 3 atom stereocenters. The highest BCUT2D eigenvalue weighted by Gasteiger charge is 2.47. The number of amides is 2. The predicted octanol–water partition coefficient (Wildman–Crippen LogP) is 6.59. The van der Waals surface area contributed by atoms with E-state index >= 15 is 0 Å². The fourth-order valence-corrected chi connectivity index (χ4v) is 6.19. The third-order valence-electron chi connectivity index (χ3n) is 8.37. The Morgan fingerprint density at radius 2 is 1.31 bits per heavy atom. The van der Waals surface area contributed by atoms with Gasteiger partial charge in [0.1, 0.15) is 23.3 Å². The highest BCUT2D eigenvalue weighted by molar-refractivity contribution is 5.87. The monoisotopic (exact) mass is 655 g/mol. The minimum atomic E-state index is -1.47. The van der Waals surface area contributed by atoms with Crippen molar-refractivity contribution in [1.29, 1.82) is 0 Å². The van der Waals surface area contributed by atoms with Gasteiger partial charge in [0, 0.05) is 44.8 Å². The molecular formula is C39H43F2N3O4. The fourth-order valence-electron chi connectivity index (χ4n) is 6.19. The maximum absolute atomic E-state index is 14.5. The molecule has 0 aliphatic carbocycles. The molecule has 1 fully saturated rings. The van der Waals surface area contributed by atoms with Gasteiger partial charge in [-0.25, -0.2) is 13.6 Å². The lowest BCUT2D eigenvalue weighted by molar-refractivity contribution is -0.150. The van der Waals surface area contributed by atoms with Crippen molar-refractivity contribution in [2.24, 2.45) is 0 Å². The van der Waals surface area contributed by atoms with E-state index in [4.69, 9.17) is 4.74 Å². The molecule has 0 bridgehead atoms. The standard InChI is InChI=1S/C39H43F2N3O4/c1-39(2,3)48-38(47)44-20-19-42(25-28-13-7-4-8-14-28)37(46)35(44)36(45)34(23-31-21-32(40)24-33(41)22-31)43(26-29-15-9-5-10-16-29)27-30-17-11-6-12-18-30/h4-18,21-22,24,34-36,45H,19-20,23,25-27H2,1-3H3/t34?,35-,36-/m0/s1. The third kappa shape index (κ3) is 9.27. The number of halogens is 2. The van der Waals surface area contributed by atoms with E-state index in [0.717, 1.165) is 22.8 Å². The SMILES string of the molecule is CC(C)(C)OC(=O)N1CCN(Cc2ccccc2)C(=O)[C@@H]1[C@@H](O)C(Cc1cc(F)cc(F)c1)N(Cc1ccccc1)Cc1ccccc1. The number of aliphatic hydroxyl groups is 1. The van der Waals surface area contributed by atoms with E-state index in [1.54, 1.807) is 25.7 Å². The van der Waals surface area contributed by atoms with Crippen LogP contribution in [0.25, 0.3) is 0 Å². The van der Waals surface area contributed by atoms with Gasteiger partial charge in [-0.2, -0.15) is 0 Å². The van der Waals surface area contributed by atoms with Crippen LogP contribution in [0.1, 0.15) is 43.0 Å². The first kappa shape index (κ1) is 34.7. The van der Waals surface area contributed by atoms with Crippen molar-refractivity contribution in [3.8, 4) is 0 Å². The Kier molecular flexibility index (Phi) is 11.2. The highest BCUT2D eigenvalue weighted by Crippen LogP contribution is 2.28. The number of rotatable bonds is 11. The molecule has 252 valence electrons. The third-order valence-corrected chi connectivity index (χ3v) is 8.37. The van der Waals surface area contributed by atoms with E-state index in [1.165, 1.54) is 17.0 Å². The number of aliphatic hydroxyl groups excluding tert-OH is 1. The molecule has 7 nitrogen and oxygen atoms in total. The summed E-state index contributed by atoms with van der Waals surface area (Å²) in [6, 6.07) is 29.9. The molecule has 1 saturated heterocycles. The second kappa shape index (κ2) is 15.5. The summed E-state index contributed by atoms with van der Waals surface area (Å²) in [5.74, 6) is -1.92. The molecule has 48 heavy (non-hydrogen) atoms. The smallest absolute Gasteiger partial charge is 0.411 e. The summed E-state index contributed by atoms with van der Waals surface area (Å²) in [5.41, 5.74) is 2.27. The number of piperazine rings is 1. The van der Waals surface area contributed by atoms with Gasteiger partial charge in [0.05, 0.1) is 6.10 Å². The van der Waals surface area contributed by atoms with Crippen LogP contribution >= 0.6 is 0 Å². The van der Waals surface area contributed by atoms with Crippen LogP contribution in [0.4, 0.5) is 13.6 Å². The van der Waals surface area contributed by atoms with E-state index in [1.807, 2.05) is 95.9 Å². The summed E-state index contributed by atoms with van der Waals surface area (Å²) in [6.45, 7) is 6.61. The Bertz CT molecular complexity index is 1590. The summed E-state index contributed by atoms with van der Waals surface area (Å²) >= 11 is 0. The van der Waals surface area contributed by atoms with E-state index in [9.17, 15) is 23.5 Å². The summed E-state index contributed by atoms with van der Waals surface area (Å²) in [7, 11) is 0. The second-order valence-electron chi connectivity index (χ2n) is 13.3. The van der Waals surface area contributed by atoms with E-state index < -0.39 is 47.4 Å². The molecule has 1 aliphatic rings. The fraction of sp³-hybridized carbons (Fsp3) is 0.333. The average Bonchev–Trinajstić information content (AvgIpc) is 3.04. The van der Waals surface area contributed by atoms with Crippen LogP contribution in [0.15, 0.2) is 109 Å². The molecule has 1 heterocycles. The molecule has 5 rings (SSSR count). The summed E-state index contributed by atoms with van der Waals surface area (Å²) < 4.78 is 34.8. The first-order valence-electron chi connectivity index (χ1n) is 16.2. The van der Waals surface area contributed by atoms with Crippen molar-refractivity contribution in [2.45, 2.75) is 70.6 Å². The topological polar surface area (TPSA) is 73.3 Å². The van der Waals surface area contributed by atoms with Gasteiger partial charge in [0.25, 0.3) is 0 Å². The Morgan fingerprint density at radius 3 is 1.81 bits per heavy atom. The maximum Gasteiger partial charge on any atom is 0.411 e. The van der Waals surface area contributed by atoms with Gasteiger partial charge in [0.15, 0.2) is 0 Å². The summed E-state index contributed by atoms with van der Waals surface area (Å²) in [4.78, 5) is 33.1. The molecule has 0 aromatic heterocycles. The molecule has 2 amide bonds. The zero-order valence-corrected chi connectivity index (χ0v) is 27.6. The van der Waals surface area contributed by atoms with Crippen LogP contribution in [-0.4, -0.2) is 68.7 Å². The van der Waals surface area contributed by atoms with Gasteiger partial charge < -0.3 is 14.7 Å². The lowest BCUT2D eigenvalue weighted by Gasteiger charge is -2.46. The lowest BCUT2D eigenvalue weighted by Crippen LogP contribution is -2.66. The van der Waals surface area contributed by atoms with Crippen LogP contribution in [0, 0.1) is 11.6 Å². The molecule has 1 unspecified atom stereocenters. The van der Waals surface area contributed by atoms with E-state index in [2.05, 4.69) is 0 Å². The van der Waals surface area contributed by atoms with Crippen LogP contribution in [0.2, 0.25) is 0 Å². The first-order valence-corrected chi connectivity index (χ1v) is 16.2. The lowest BCUT2D eigenvalue weighted by atomic mass is 9.91. The number of ether oxygens (including phenoxy) is 1. The average molecular weight is 656 g/mol. The van der Waals surface area contributed by atoms with Crippen molar-refractivity contribution >= 4 is 12.0 Å². The van der Waals surface area contributed by atoms with Crippen LogP contribution in [0.3, 0.4) is 0 Å². The molecule has 0 saturated carbocycles. The van der Waals surface area contributed by atoms with Gasteiger partial charge in [-0.1, -0.05) is 91.0 Å². The zero-order valence-electron chi connectivity index (χ0n) is 27.6. The van der Waals surface area contributed by atoms with Crippen molar-refractivity contribution < 1.29 is 28.2 Å². The first-order chi connectivity index (χ1) is 23.0. The number of hydrogen-bond acceptors (Lipinski definition) is 5. The van der Waals surface area contributed by atoms with Gasteiger partial charge in [0.2, 0.25) is 5.91 Å². The summed E-state index contributed by atoms with van der Waals surface area (Å²) in [6.07, 6.45) is -2.19. The molecule has 9 heteroatoms. The Labute approximate surface area is 281 Å². The van der Waals surface area contributed by atoms with Crippen LogP contribution < -0.4 is 0 Å². The number of nitrogens with zero attached hydrogens (tertiary/aromatic N) is 3. The van der Waals surface area contributed by atoms with Crippen molar-refractivity contribution in [1.82, 2.24) is 14.7 Å². The van der Waals surface area contributed by atoms with E-state index in [-0.39, 0.29) is 19.5 Å². The number of carbonyl (C=O) groups is 2. The normalized spacial score (nSPS) is 16.6. The van der Waals surface area contributed by atoms with Gasteiger partial charge in [-0.05, 0) is 61.6 Å². The second-order valence-corrected chi connectivity index (χ2v) is 13.3. The number of benzene rings is 4. The van der Waals surface area contributed by atoms with E-state index in [0.29, 0.717) is 25.2 Å². The van der Waals surface area contributed by atoms with Gasteiger partial charge >= 0.3 is 6.09 Å². The molecule has 4 aromatic carbocycles. The molecule has 1 N–H and O–H groups in total. The minimum Gasteiger partial charge on any atom is -0.444 e. The maximum atomic E-state index is 14.5. The van der Waals surface area contributed by atoms with Crippen LogP contribution in [-0.2, 0) is 35.6 Å². The largest absolute Gasteiger partial charge is 0.444 e. The van der Waals surface area contributed by atoms with Crippen molar-refractivity contribution in [3.63, 3.8) is 0 Å². The predicted molar refractivity (Wildman–Crippen MR) is 181 cm³/mol. The van der Waals surface area contributed by atoms with Crippen molar-refractivity contribution in [3.05, 3.63) is 143 Å². The van der Waals surface area contributed by atoms with Crippen LogP contribution in [0.5, 0.6) is 0 Å². The zero-order chi connectivity index (χ0) is 34.3. The number of carbonyl (C=O) groups excluding carboxylic acids is 2. The van der Waals surface area contributed by atoms with Crippen molar-refractivity contribution in [2.75, 3.05) is 13.1 Å². The summed E-state index contributed by atoms with van der Waals surface area (Å²) in [5, 5.41) is 12.5. The Balaban J connectivity index is 1.58.